The van der Waals surface area contributed by atoms with Gasteiger partial charge in [0.1, 0.15) is 11.4 Å². The lowest BCUT2D eigenvalue weighted by atomic mass is 10.2. The Kier molecular flexibility index (Phi) is 5.64. The third-order valence-corrected chi connectivity index (χ3v) is 2.64. The average Bonchev–Trinajstić information content (AvgIpc) is 2.70. The van der Waals surface area contributed by atoms with Gasteiger partial charge in [-0.05, 0) is 13.3 Å². The molecule has 2 N–H and O–H groups in total. The molecule has 0 aromatic carbocycles. The van der Waals surface area contributed by atoms with Crippen molar-refractivity contribution in [3.63, 3.8) is 0 Å². The van der Waals surface area contributed by atoms with Gasteiger partial charge < -0.3 is 19.8 Å². The molecule has 2 amide bonds. The topological polar surface area (TPSA) is 78.6 Å². The average molecular weight is 255 g/mol. The largest absolute Gasteiger partial charge is 0.395 e. The Bertz CT molecular complexity index is 384. The van der Waals surface area contributed by atoms with Crippen LogP contribution in [-0.4, -0.2) is 40.9 Å². The van der Waals surface area contributed by atoms with Crippen LogP contribution in [0.3, 0.4) is 0 Å². The molecule has 0 aliphatic heterocycles. The summed E-state index contributed by atoms with van der Waals surface area (Å²) in [7, 11) is 0. The molecule has 1 aromatic rings. The molecule has 0 unspecified atom stereocenters. The van der Waals surface area contributed by atoms with E-state index in [9.17, 15) is 4.79 Å². The Morgan fingerprint density at radius 3 is 2.72 bits per heavy atom. The Morgan fingerprint density at radius 2 is 2.17 bits per heavy atom. The van der Waals surface area contributed by atoms with Crippen molar-refractivity contribution in [2.75, 3.05) is 25.0 Å². The maximum absolute atomic E-state index is 12.0. The SMILES string of the molecule is CCCN(CCO)C(=O)Nc1c(C)noc1CC. The van der Waals surface area contributed by atoms with Crippen molar-refractivity contribution in [1.82, 2.24) is 10.1 Å². The molecule has 0 atom stereocenters. The number of rotatable bonds is 6. The van der Waals surface area contributed by atoms with Crippen LogP contribution < -0.4 is 5.32 Å². The molecule has 6 heteroatoms. The van der Waals surface area contributed by atoms with Crippen LogP contribution >= 0.6 is 0 Å². The number of aromatic nitrogens is 1. The molecule has 1 rings (SSSR count). The van der Waals surface area contributed by atoms with Crippen LogP contribution in [0.1, 0.15) is 31.7 Å². The zero-order chi connectivity index (χ0) is 13.5. The Labute approximate surface area is 107 Å². The van der Waals surface area contributed by atoms with Gasteiger partial charge in [-0.2, -0.15) is 0 Å². The van der Waals surface area contributed by atoms with E-state index in [1.54, 1.807) is 11.8 Å². The summed E-state index contributed by atoms with van der Waals surface area (Å²) in [6.07, 6.45) is 1.51. The van der Waals surface area contributed by atoms with E-state index in [4.69, 9.17) is 9.63 Å². The minimum atomic E-state index is -0.230. The number of hydrogen-bond donors (Lipinski definition) is 2. The summed E-state index contributed by atoms with van der Waals surface area (Å²) in [5.74, 6) is 0.668. The van der Waals surface area contributed by atoms with E-state index in [0.29, 0.717) is 36.7 Å². The van der Waals surface area contributed by atoms with Gasteiger partial charge in [0, 0.05) is 19.5 Å². The molecule has 18 heavy (non-hydrogen) atoms. The smallest absolute Gasteiger partial charge is 0.322 e. The molecule has 0 bridgehead atoms. The minimum absolute atomic E-state index is 0.0450. The first-order valence-corrected chi connectivity index (χ1v) is 6.25. The maximum Gasteiger partial charge on any atom is 0.322 e. The van der Waals surface area contributed by atoms with Gasteiger partial charge in [-0.25, -0.2) is 4.79 Å². The van der Waals surface area contributed by atoms with E-state index in [2.05, 4.69) is 10.5 Å². The molecule has 0 aliphatic rings. The number of nitrogens with one attached hydrogen (secondary N) is 1. The lowest BCUT2D eigenvalue weighted by Crippen LogP contribution is -2.37. The number of nitrogens with zero attached hydrogens (tertiary/aromatic N) is 2. The highest BCUT2D eigenvalue weighted by Gasteiger charge is 2.17. The van der Waals surface area contributed by atoms with Crippen LogP contribution in [0.2, 0.25) is 0 Å². The van der Waals surface area contributed by atoms with Crippen molar-refractivity contribution in [1.29, 1.82) is 0 Å². The molecule has 0 radical (unpaired) electrons. The molecule has 0 fully saturated rings. The number of aliphatic hydroxyl groups excluding tert-OH is 1. The van der Waals surface area contributed by atoms with Crippen molar-refractivity contribution in [2.45, 2.75) is 33.6 Å². The number of aliphatic hydroxyl groups is 1. The number of hydrogen-bond acceptors (Lipinski definition) is 4. The van der Waals surface area contributed by atoms with Gasteiger partial charge in [0.15, 0.2) is 5.76 Å². The molecule has 1 aromatic heterocycles. The number of amides is 2. The van der Waals surface area contributed by atoms with Crippen LogP contribution in [0.25, 0.3) is 0 Å². The fourth-order valence-electron chi connectivity index (χ4n) is 1.71. The fourth-order valence-corrected chi connectivity index (χ4v) is 1.71. The number of urea groups is 1. The number of anilines is 1. The standard InChI is InChI=1S/C12H21N3O3/c1-4-6-15(7-8-16)12(17)13-11-9(3)14-18-10(11)5-2/h16H,4-8H2,1-3H3,(H,13,17). The van der Waals surface area contributed by atoms with Gasteiger partial charge in [-0.3, -0.25) is 0 Å². The predicted octanol–water partition coefficient (Wildman–Crippen LogP) is 1.78. The van der Waals surface area contributed by atoms with E-state index >= 15 is 0 Å². The van der Waals surface area contributed by atoms with Crippen LogP contribution in [-0.2, 0) is 6.42 Å². The summed E-state index contributed by atoms with van der Waals surface area (Å²) in [6, 6.07) is -0.230. The lowest BCUT2D eigenvalue weighted by Gasteiger charge is -2.21. The fraction of sp³-hybridized carbons (Fsp3) is 0.667. The summed E-state index contributed by atoms with van der Waals surface area (Å²) in [6.45, 7) is 6.60. The third-order valence-electron chi connectivity index (χ3n) is 2.64. The molecular formula is C12H21N3O3. The zero-order valence-electron chi connectivity index (χ0n) is 11.2. The van der Waals surface area contributed by atoms with Gasteiger partial charge in [-0.15, -0.1) is 0 Å². The summed E-state index contributed by atoms with van der Waals surface area (Å²) in [4.78, 5) is 13.6. The summed E-state index contributed by atoms with van der Waals surface area (Å²) in [5.41, 5.74) is 1.31. The second-order valence-corrected chi connectivity index (χ2v) is 4.06. The highest BCUT2D eigenvalue weighted by Crippen LogP contribution is 2.20. The Morgan fingerprint density at radius 1 is 1.44 bits per heavy atom. The maximum atomic E-state index is 12.0. The first kappa shape index (κ1) is 14.5. The van der Waals surface area contributed by atoms with Gasteiger partial charge in [0.25, 0.3) is 0 Å². The van der Waals surface area contributed by atoms with Crippen LogP contribution in [0.4, 0.5) is 10.5 Å². The van der Waals surface area contributed by atoms with E-state index in [1.807, 2.05) is 13.8 Å². The molecular weight excluding hydrogens is 234 g/mol. The molecule has 0 aliphatic carbocycles. The Balaban J connectivity index is 2.75. The van der Waals surface area contributed by atoms with E-state index < -0.39 is 0 Å². The van der Waals surface area contributed by atoms with Gasteiger partial charge in [-0.1, -0.05) is 19.0 Å². The van der Waals surface area contributed by atoms with Crippen molar-refractivity contribution < 1.29 is 14.4 Å². The van der Waals surface area contributed by atoms with Crippen molar-refractivity contribution in [3.8, 4) is 0 Å². The molecule has 0 saturated carbocycles. The predicted molar refractivity (Wildman–Crippen MR) is 68.6 cm³/mol. The van der Waals surface area contributed by atoms with Crippen LogP contribution in [0, 0.1) is 6.92 Å². The Hall–Kier alpha value is -1.56. The highest BCUT2D eigenvalue weighted by molar-refractivity contribution is 5.90. The van der Waals surface area contributed by atoms with Crippen molar-refractivity contribution in [2.24, 2.45) is 0 Å². The minimum Gasteiger partial charge on any atom is -0.395 e. The highest BCUT2D eigenvalue weighted by atomic mass is 16.5. The van der Waals surface area contributed by atoms with Gasteiger partial charge >= 0.3 is 6.03 Å². The number of carbonyl (C=O) groups is 1. The molecule has 102 valence electrons. The monoisotopic (exact) mass is 255 g/mol. The summed E-state index contributed by atoms with van der Waals surface area (Å²) in [5, 5.41) is 15.6. The van der Waals surface area contributed by atoms with Crippen LogP contribution in [0.5, 0.6) is 0 Å². The molecule has 0 saturated heterocycles. The van der Waals surface area contributed by atoms with Gasteiger partial charge in [0.05, 0.1) is 6.61 Å². The summed E-state index contributed by atoms with van der Waals surface area (Å²) < 4.78 is 5.11. The number of carbonyl (C=O) groups excluding carboxylic acids is 1. The molecule has 1 heterocycles. The third kappa shape index (κ3) is 3.46. The summed E-state index contributed by atoms with van der Waals surface area (Å²) >= 11 is 0. The number of aryl methyl sites for hydroxylation is 2. The second kappa shape index (κ2) is 7.00. The molecule has 0 spiro atoms. The quantitative estimate of drug-likeness (QED) is 0.812. The van der Waals surface area contributed by atoms with Crippen molar-refractivity contribution >= 4 is 11.7 Å². The van der Waals surface area contributed by atoms with Crippen molar-refractivity contribution in [3.05, 3.63) is 11.5 Å². The first-order valence-electron chi connectivity index (χ1n) is 6.25. The first-order chi connectivity index (χ1) is 8.63. The molecule has 6 nitrogen and oxygen atoms in total. The van der Waals surface area contributed by atoms with E-state index in [-0.39, 0.29) is 12.6 Å². The lowest BCUT2D eigenvalue weighted by molar-refractivity contribution is 0.188. The normalized spacial score (nSPS) is 10.4. The second-order valence-electron chi connectivity index (χ2n) is 4.06. The van der Waals surface area contributed by atoms with E-state index in [0.717, 1.165) is 6.42 Å². The van der Waals surface area contributed by atoms with E-state index in [1.165, 1.54) is 0 Å². The van der Waals surface area contributed by atoms with Crippen LogP contribution in [0.15, 0.2) is 4.52 Å². The van der Waals surface area contributed by atoms with Gasteiger partial charge in [0.2, 0.25) is 0 Å². The zero-order valence-corrected chi connectivity index (χ0v) is 11.2.